The molecule has 8 nitrogen and oxygen atoms in total. The fourth-order valence-corrected chi connectivity index (χ4v) is 3.23. The summed E-state index contributed by atoms with van der Waals surface area (Å²) in [6.45, 7) is -0.727. The molecule has 1 N–H and O–H groups in total. The number of likely N-dealkylation sites (tertiary alicyclic amines) is 1. The van der Waals surface area contributed by atoms with Crippen LogP contribution in [-0.2, 0) is 10.3 Å². The van der Waals surface area contributed by atoms with Crippen molar-refractivity contribution in [3.05, 3.63) is 30.4 Å². The Morgan fingerprint density at radius 1 is 1.39 bits per heavy atom. The normalized spacial score (nSPS) is 22.9. The molecule has 150 valence electrons. The molecule has 0 spiro atoms. The summed E-state index contributed by atoms with van der Waals surface area (Å²) in [5.41, 5.74) is 0.262. The van der Waals surface area contributed by atoms with Crippen LogP contribution in [0.1, 0.15) is 31.6 Å². The maximum absolute atomic E-state index is 14.0. The standard InChI is InChI=1S/C17H18F3N5O3/c18-17(19,20)16(14-22-13(23-28-14)11-3-2-7-21-9-11)6-8-25(10-16)15(26)24-27-12-4-1-5-12/h2-3,7,9,12H,1,4-6,8,10H2,(H,24,26). The number of nitrogens with one attached hydrogen (secondary N) is 1. The van der Waals surface area contributed by atoms with Gasteiger partial charge in [0.15, 0.2) is 5.41 Å². The van der Waals surface area contributed by atoms with Gasteiger partial charge in [0.2, 0.25) is 11.7 Å². The summed E-state index contributed by atoms with van der Waals surface area (Å²) in [7, 11) is 0. The van der Waals surface area contributed by atoms with Crippen LogP contribution in [0.5, 0.6) is 0 Å². The van der Waals surface area contributed by atoms with E-state index in [-0.39, 0.29) is 24.9 Å². The Labute approximate surface area is 158 Å². The molecule has 2 aromatic heterocycles. The van der Waals surface area contributed by atoms with Crippen LogP contribution >= 0.6 is 0 Å². The molecule has 0 aromatic carbocycles. The molecule has 1 aliphatic heterocycles. The van der Waals surface area contributed by atoms with Gasteiger partial charge in [-0.15, -0.1) is 0 Å². The van der Waals surface area contributed by atoms with E-state index in [2.05, 4.69) is 20.6 Å². The number of rotatable bonds is 4. The molecular weight excluding hydrogens is 379 g/mol. The van der Waals surface area contributed by atoms with Gasteiger partial charge in [0.1, 0.15) is 0 Å². The minimum absolute atomic E-state index is 0.0166. The van der Waals surface area contributed by atoms with Crippen LogP contribution in [0, 0.1) is 0 Å². The van der Waals surface area contributed by atoms with Gasteiger partial charge in [0, 0.05) is 31.0 Å². The van der Waals surface area contributed by atoms with Crippen LogP contribution in [0.2, 0.25) is 0 Å². The number of aromatic nitrogens is 3. The number of hydroxylamine groups is 1. The maximum atomic E-state index is 14.0. The molecule has 1 saturated heterocycles. The number of carbonyl (C=O) groups excluding carboxylic acids is 1. The monoisotopic (exact) mass is 397 g/mol. The first-order valence-electron chi connectivity index (χ1n) is 8.91. The topological polar surface area (TPSA) is 93.4 Å². The highest BCUT2D eigenvalue weighted by molar-refractivity contribution is 5.73. The summed E-state index contributed by atoms with van der Waals surface area (Å²) in [6, 6.07) is 2.54. The van der Waals surface area contributed by atoms with Crippen molar-refractivity contribution in [3.8, 4) is 11.4 Å². The zero-order chi connectivity index (χ0) is 19.8. The summed E-state index contributed by atoms with van der Waals surface area (Å²) >= 11 is 0. The first-order chi connectivity index (χ1) is 13.4. The second kappa shape index (κ2) is 7.04. The second-order valence-corrected chi connectivity index (χ2v) is 6.99. The van der Waals surface area contributed by atoms with Crippen molar-refractivity contribution in [2.75, 3.05) is 13.1 Å². The van der Waals surface area contributed by atoms with Crippen LogP contribution in [0.3, 0.4) is 0 Å². The van der Waals surface area contributed by atoms with Crippen molar-refractivity contribution in [2.45, 2.75) is 43.4 Å². The van der Waals surface area contributed by atoms with Crippen LogP contribution in [-0.4, -0.2) is 51.4 Å². The molecular formula is C17H18F3N5O3. The summed E-state index contributed by atoms with van der Waals surface area (Å²) in [5.74, 6) is -0.544. The van der Waals surface area contributed by atoms with Crippen LogP contribution in [0.4, 0.5) is 18.0 Å². The molecule has 11 heteroatoms. The van der Waals surface area contributed by atoms with Crippen molar-refractivity contribution < 1.29 is 27.3 Å². The third-order valence-electron chi connectivity index (χ3n) is 5.22. The van der Waals surface area contributed by atoms with Gasteiger partial charge in [-0.05, 0) is 37.8 Å². The molecule has 0 radical (unpaired) electrons. The average molecular weight is 397 g/mol. The lowest BCUT2D eigenvalue weighted by molar-refractivity contribution is -0.193. The van der Waals surface area contributed by atoms with Crippen LogP contribution in [0.25, 0.3) is 11.4 Å². The Morgan fingerprint density at radius 2 is 2.21 bits per heavy atom. The minimum Gasteiger partial charge on any atom is -0.338 e. The van der Waals surface area contributed by atoms with E-state index in [1.165, 1.54) is 12.4 Å². The highest BCUT2D eigenvalue weighted by atomic mass is 19.4. The lowest BCUT2D eigenvalue weighted by Gasteiger charge is -2.29. The number of halogens is 3. The lowest BCUT2D eigenvalue weighted by atomic mass is 9.86. The highest BCUT2D eigenvalue weighted by Gasteiger charge is 2.63. The molecule has 0 bridgehead atoms. The van der Waals surface area contributed by atoms with Crippen LogP contribution < -0.4 is 5.48 Å². The zero-order valence-corrected chi connectivity index (χ0v) is 14.8. The zero-order valence-electron chi connectivity index (χ0n) is 14.8. The number of carbonyl (C=O) groups is 1. The minimum atomic E-state index is -4.67. The Morgan fingerprint density at radius 3 is 2.86 bits per heavy atom. The largest absolute Gasteiger partial charge is 0.405 e. The van der Waals surface area contributed by atoms with E-state index in [1.54, 1.807) is 12.1 Å². The summed E-state index contributed by atoms with van der Waals surface area (Å²) < 4.78 is 47.0. The molecule has 1 aliphatic carbocycles. The molecule has 1 unspecified atom stereocenters. The lowest BCUT2D eigenvalue weighted by Crippen LogP contribution is -2.48. The summed E-state index contributed by atoms with van der Waals surface area (Å²) in [4.78, 5) is 26.3. The number of hydrogen-bond acceptors (Lipinski definition) is 6. The number of nitrogens with zero attached hydrogens (tertiary/aromatic N) is 4. The Hall–Kier alpha value is -2.69. The van der Waals surface area contributed by atoms with Crippen molar-refractivity contribution in [3.63, 3.8) is 0 Å². The van der Waals surface area contributed by atoms with Gasteiger partial charge in [-0.1, -0.05) is 5.16 Å². The third kappa shape index (κ3) is 3.30. The predicted molar refractivity (Wildman–Crippen MR) is 88.7 cm³/mol. The van der Waals surface area contributed by atoms with Crippen molar-refractivity contribution in [1.82, 2.24) is 25.5 Å². The molecule has 2 fully saturated rings. The third-order valence-corrected chi connectivity index (χ3v) is 5.22. The average Bonchev–Trinajstić information content (AvgIpc) is 3.28. The highest BCUT2D eigenvalue weighted by Crippen LogP contribution is 2.47. The summed E-state index contributed by atoms with van der Waals surface area (Å²) in [5, 5.41) is 3.67. The maximum Gasteiger partial charge on any atom is 0.405 e. The van der Waals surface area contributed by atoms with Gasteiger partial charge < -0.3 is 9.42 Å². The number of pyridine rings is 1. The predicted octanol–water partition coefficient (Wildman–Crippen LogP) is 2.83. The van der Waals surface area contributed by atoms with Crippen LogP contribution in [0.15, 0.2) is 29.0 Å². The van der Waals surface area contributed by atoms with Gasteiger partial charge in [-0.25, -0.2) is 10.3 Å². The second-order valence-electron chi connectivity index (χ2n) is 6.99. The molecule has 2 aromatic rings. The number of amides is 2. The molecule has 28 heavy (non-hydrogen) atoms. The molecule has 2 amide bonds. The van der Waals surface area contributed by atoms with E-state index in [9.17, 15) is 18.0 Å². The van der Waals surface area contributed by atoms with Gasteiger partial charge >= 0.3 is 12.2 Å². The van der Waals surface area contributed by atoms with E-state index < -0.39 is 30.1 Å². The fourth-order valence-electron chi connectivity index (χ4n) is 3.23. The van der Waals surface area contributed by atoms with Gasteiger partial charge in [-0.2, -0.15) is 18.2 Å². The fraction of sp³-hybridized carbons (Fsp3) is 0.529. The Balaban J connectivity index is 1.53. The first kappa shape index (κ1) is 18.7. The van der Waals surface area contributed by atoms with Gasteiger partial charge in [-0.3, -0.25) is 9.82 Å². The Bertz CT molecular complexity index is 840. The molecule has 2 aliphatic rings. The van der Waals surface area contributed by atoms with Crippen molar-refractivity contribution >= 4 is 6.03 Å². The molecule has 4 rings (SSSR count). The number of urea groups is 1. The van der Waals surface area contributed by atoms with Crippen molar-refractivity contribution in [1.29, 1.82) is 0 Å². The van der Waals surface area contributed by atoms with E-state index >= 15 is 0 Å². The quantitative estimate of drug-likeness (QED) is 0.798. The Kier molecular flexibility index (Phi) is 4.69. The van der Waals surface area contributed by atoms with E-state index in [0.717, 1.165) is 24.2 Å². The SMILES string of the molecule is O=C(NOC1CCC1)N1CCC(c2nc(-c3cccnc3)no2)(C(F)(F)F)C1. The smallest absolute Gasteiger partial charge is 0.338 e. The molecule has 1 atom stereocenters. The number of alkyl halides is 3. The molecule has 3 heterocycles. The van der Waals surface area contributed by atoms with Gasteiger partial charge in [0.25, 0.3) is 0 Å². The van der Waals surface area contributed by atoms with Crippen molar-refractivity contribution in [2.24, 2.45) is 0 Å². The number of hydrogen-bond donors (Lipinski definition) is 1. The van der Waals surface area contributed by atoms with Gasteiger partial charge in [0.05, 0.1) is 6.10 Å². The summed E-state index contributed by atoms with van der Waals surface area (Å²) in [6.07, 6.45) is 0.506. The van der Waals surface area contributed by atoms with E-state index in [4.69, 9.17) is 9.36 Å². The molecule has 1 saturated carbocycles. The van der Waals surface area contributed by atoms with E-state index in [0.29, 0.717) is 5.56 Å². The van der Waals surface area contributed by atoms with E-state index in [1.807, 2.05) is 0 Å². The first-order valence-corrected chi connectivity index (χ1v) is 8.91.